The lowest BCUT2D eigenvalue weighted by Crippen LogP contribution is -1.97. The molecule has 3 rings (SSSR count). The third-order valence-electron chi connectivity index (χ3n) is 3.29. The van der Waals surface area contributed by atoms with Crippen molar-refractivity contribution in [2.24, 2.45) is 0 Å². The van der Waals surface area contributed by atoms with Crippen LogP contribution >= 0.6 is 0 Å². The van der Waals surface area contributed by atoms with Crippen molar-refractivity contribution in [1.82, 2.24) is 4.98 Å². The van der Waals surface area contributed by atoms with E-state index in [1.54, 1.807) is 12.1 Å². The Bertz CT molecular complexity index is 862. The highest BCUT2D eigenvalue weighted by Crippen LogP contribution is 2.27. The first-order chi connectivity index (χ1) is 10.2. The van der Waals surface area contributed by atoms with E-state index in [9.17, 15) is 5.26 Å². The molecule has 3 aromatic rings. The Morgan fingerprint density at radius 3 is 2.76 bits per heavy atom. The number of nitrogen functional groups attached to an aromatic ring is 1. The number of anilines is 3. The van der Waals surface area contributed by atoms with Crippen LogP contribution in [0, 0.1) is 18.3 Å². The van der Waals surface area contributed by atoms with Crippen molar-refractivity contribution in [3.05, 3.63) is 59.8 Å². The van der Waals surface area contributed by atoms with Gasteiger partial charge in [0.1, 0.15) is 6.07 Å². The van der Waals surface area contributed by atoms with Gasteiger partial charge in [-0.3, -0.25) is 4.98 Å². The topological polar surface area (TPSA) is 74.7 Å². The van der Waals surface area contributed by atoms with Crippen LogP contribution in [0.2, 0.25) is 0 Å². The zero-order valence-electron chi connectivity index (χ0n) is 11.6. The van der Waals surface area contributed by atoms with E-state index in [2.05, 4.69) is 16.4 Å². The maximum atomic E-state index is 9.22. The summed E-state index contributed by atoms with van der Waals surface area (Å²) in [5.74, 6) is 0. The minimum Gasteiger partial charge on any atom is -0.399 e. The summed E-state index contributed by atoms with van der Waals surface area (Å²) in [6, 6.07) is 17.3. The molecule has 0 saturated heterocycles. The molecule has 4 nitrogen and oxygen atoms in total. The minimum atomic E-state index is 0.514. The molecule has 21 heavy (non-hydrogen) atoms. The third kappa shape index (κ3) is 2.49. The van der Waals surface area contributed by atoms with Crippen molar-refractivity contribution >= 4 is 28.0 Å². The molecule has 3 N–H and O–H groups in total. The molecule has 0 aliphatic rings. The molecule has 0 aliphatic heterocycles. The third-order valence-corrected chi connectivity index (χ3v) is 3.29. The molecular weight excluding hydrogens is 260 g/mol. The van der Waals surface area contributed by atoms with Gasteiger partial charge in [0.25, 0.3) is 0 Å². The van der Waals surface area contributed by atoms with Gasteiger partial charge in [0.05, 0.1) is 22.5 Å². The van der Waals surface area contributed by atoms with Crippen LogP contribution in [0.1, 0.15) is 11.3 Å². The normalized spacial score (nSPS) is 10.3. The fourth-order valence-corrected chi connectivity index (χ4v) is 2.25. The zero-order chi connectivity index (χ0) is 14.8. The van der Waals surface area contributed by atoms with E-state index in [-0.39, 0.29) is 0 Å². The van der Waals surface area contributed by atoms with Gasteiger partial charge in [-0.15, -0.1) is 0 Å². The molecule has 0 unspecified atom stereocenters. The smallest absolute Gasteiger partial charge is 0.101 e. The van der Waals surface area contributed by atoms with E-state index >= 15 is 0 Å². The summed E-state index contributed by atoms with van der Waals surface area (Å²) in [5.41, 5.74) is 10.2. The number of nitrogens with two attached hydrogens (primary N) is 1. The average Bonchev–Trinajstić information content (AvgIpc) is 2.49. The van der Waals surface area contributed by atoms with Crippen LogP contribution in [0.4, 0.5) is 17.1 Å². The van der Waals surface area contributed by atoms with Crippen molar-refractivity contribution in [2.45, 2.75) is 6.92 Å². The number of pyridine rings is 1. The van der Waals surface area contributed by atoms with Crippen LogP contribution in [0.5, 0.6) is 0 Å². The van der Waals surface area contributed by atoms with Gasteiger partial charge in [-0.05, 0) is 37.3 Å². The quantitative estimate of drug-likeness (QED) is 0.698. The molecule has 0 bridgehead atoms. The van der Waals surface area contributed by atoms with Crippen molar-refractivity contribution < 1.29 is 0 Å². The molecule has 0 spiro atoms. The number of fused-ring (bicyclic) bond motifs is 1. The Balaban J connectivity index is 2.11. The highest BCUT2D eigenvalue weighted by atomic mass is 14.9. The SMILES string of the molecule is Cc1ccc2cccc(Nc3ccc(N)cc3C#N)c2n1. The Morgan fingerprint density at radius 2 is 1.95 bits per heavy atom. The van der Waals surface area contributed by atoms with Gasteiger partial charge in [-0.2, -0.15) is 5.26 Å². The zero-order valence-corrected chi connectivity index (χ0v) is 11.6. The Hall–Kier alpha value is -3.06. The van der Waals surface area contributed by atoms with Crippen molar-refractivity contribution in [3.63, 3.8) is 0 Å². The van der Waals surface area contributed by atoms with Gasteiger partial charge in [0.2, 0.25) is 0 Å². The number of hydrogen-bond acceptors (Lipinski definition) is 4. The molecule has 0 fully saturated rings. The minimum absolute atomic E-state index is 0.514. The second-order valence-corrected chi connectivity index (χ2v) is 4.87. The molecular formula is C17H14N4. The predicted molar refractivity (Wildman–Crippen MR) is 85.3 cm³/mol. The van der Waals surface area contributed by atoms with E-state index in [1.165, 1.54) is 0 Å². The molecule has 0 atom stereocenters. The molecule has 0 saturated carbocycles. The molecule has 0 radical (unpaired) electrons. The number of nitriles is 1. The van der Waals surface area contributed by atoms with Crippen LogP contribution in [0.3, 0.4) is 0 Å². The molecule has 102 valence electrons. The van der Waals surface area contributed by atoms with Gasteiger partial charge in [0, 0.05) is 16.8 Å². The molecule has 1 aromatic heterocycles. The van der Waals surface area contributed by atoms with Gasteiger partial charge in [0.15, 0.2) is 0 Å². The van der Waals surface area contributed by atoms with Gasteiger partial charge >= 0.3 is 0 Å². The van der Waals surface area contributed by atoms with Crippen LogP contribution in [-0.4, -0.2) is 4.98 Å². The van der Waals surface area contributed by atoms with Gasteiger partial charge in [-0.25, -0.2) is 0 Å². The van der Waals surface area contributed by atoms with E-state index < -0.39 is 0 Å². The second-order valence-electron chi connectivity index (χ2n) is 4.87. The standard InChI is InChI=1S/C17H14N4/c1-11-5-6-12-3-2-4-16(17(12)20-11)21-15-8-7-14(19)9-13(15)10-18/h2-9,21H,19H2,1H3. The summed E-state index contributed by atoms with van der Waals surface area (Å²) in [4.78, 5) is 4.57. The summed E-state index contributed by atoms with van der Waals surface area (Å²) in [6.45, 7) is 1.96. The number of aryl methyl sites for hydroxylation is 1. The van der Waals surface area contributed by atoms with Gasteiger partial charge < -0.3 is 11.1 Å². The Labute approximate surface area is 122 Å². The molecule has 1 heterocycles. The number of nitrogens with one attached hydrogen (secondary N) is 1. The van der Waals surface area contributed by atoms with Crippen LogP contribution in [0.25, 0.3) is 10.9 Å². The Morgan fingerprint density at radius 1 is 1.10 bits per heavy atom. The number of rotatable bonds is 2. The number of aromatic nitrogens is 1. The first-order valence-electron chi connectivity index (χ1n) is 6.60. The molecule has 2 aromatic carbocycles. The monoisotopic (exact) mass is 274 g/mol. The number of hydrogen-bond donors (Lipinski definition) is 2. The maximum absolute atomic E-state index is 9.22. The van der Waals surface area contributed by atoms with Crippen LogP contribution in [0.15, 0.2) is 48.5 Å². The highest BCUT2D eigenvalue weighted by molar-refractivity contribution is 5.92. The lowest BCUT2D eigenvalue weighted by atomic mass is 10.1. The van der Waals surface area contributed by atoms with E-state index in [1.807, 2.05) is 43.3 Å². The number of benzene rings is 2. The summed E-state index contributed by atoms with van der Waals surface area (Å²) in [5, 5.41) is 13.6. The fourth-order valence-electron chi connectivity index (χ4n) is 2.25. The van der Waals surface area contributed by atoms with Gasteiger partial charge in [-0.1, -0.05) is 18.2 Å². The van der Waals surface area contributed by atoms with Crippen molar-refractivity contribution in [3.8, 4) is 6.07 Å². The maximum Gasteiger partial charge on any atom is 0.101 e. The highest BCUT2D eigenvalue weighted by Gasteiger charge is 2.07. The first kappa shape index (κ1) is 12.9. The van der Waals surface area contributed by atoms with Crippen molar-refractivity contribution in [2.75, 3.05) is 11.1 Å². The second kappa shape index (κ2) is 5.14. The van der Waals surface area contributed by atoms with Crippen molar-refractivity contribution in [1.29, 1.82) is 5.26 Å². The van der Waals surface area contributed by atoms with Crippen LogP contribution in [-0.2, 0) is 0 Å². The molecule has 0 amide bonds. The lowest BCUT2D eigenvalue weighted by Gasteiger charge is -2.11. The number of para-hydroxylation sites is 1. The Kier molecular flexibility index (Phi) is 3.17. The lowest BCUT2D eigenvalue weighted by molar-refractivity contribution is 1.25. The average molecular weight is 274 g/mol. The fraction of sp³-hybridized carbons (Fsp3) is 0.0588. The summed E-state index contributed by atoms with van der Waals surface area (Å²) in [6.07, 6.45) is 0. The van der Waals surface area contributed by atoms with Crippen LogP contribution < -0.4 is 11.1 Å². The van der Waals surface area contributed by atoms with E-state index in [4.69, 9.17) is 5.73 Å². The molecule has 0 aliphatic carbocycles. The largest absolute Gasteiger partial charge is 0.399 e. The van der Waals surface area contributed by atoms with E-state index in [0.717, 1.165) is 28.0 Å². The summed E-state index contributed by atoms with van der Waals surface area (Å²) >= 11 is 0. The summed E-state index contributed by atoms with van der Waals surface area (Å²) < 4.78 is 0. The summed E-state index contributed by atoms with van der Waals surface area (Å²) in [7, 11) is 0. The molecule has 4 heteroatoms. The predicted octanol–water partition coefficient (Wildman–Crippen LogP) is 3.74. The van der Waals surface area contributed by atoms with E-state index in [0.29, 0.717) is 11.3 Å². The first-order valence-corrected chi connectivity index (χ1v) is 6.60. The number of nitrogens with zero attached hydrogens (tertiary/aromatic N) is 2.